The zero-order valence-corrected chi connectivity index (χ0v) is 16.8. The van der Waals surface area contributed by atoms with E-state index in [1.807, 2.05) is 18.2 Å². The van der Waals surface area contributed by atoms with Crippen molar-refractivity contribution in [3.63, 3.8) is 0 Å². The van der Waals surface area contributed by atoms with E-state index in [1.165, 1.54) is 18.2 Å². The Morgan fingerprint density at radius 1 is 0.903 bits per heavy atom. The summed E-state index contributed by atoms with van der Waals surface area (Å²) in [7, 11) is 0. The largest absolute Gasteiger partial charge is 0.416 e. The summed E-state index contributed by atoms with van der Waals surface area (Å²) in [6.45, 7) is 0.695. The molecule has 0 aliphatic heterocycles. The number of aromatic nitrogens is 2. The lowest BCUT2D eigenvalue weighted by Gasteiger charge is -2.31. The summed E-state index contributed by atoms with van der Waals surface area (Å²) in [5.41, 5.74) is 6.55. The van der Waals surface area contributed by atoms with Gasteiger partial charge in [-0.25, -0.2) is 0 Å². The van der Waals surface area contributed by atoms with Gasteiger partial charge in [-0.2, -0.15) is 13.2 Å². The number of amides is 1. The Kier molecular flexibility index (Phi) is 7.36. The first kappa shape index (κ1) is 22.4. The monoisotopic (exact) mass is 428 g/mol. The van der Waals surface area contributed by atoms with E-state index in [1.54, 1.807) is 35.8 Å². The van der Waals surface area contributed by atoms with E-state index in [0.29, 0.717) is 25.9 Å². The average molecular weight is 428 g/mol. The third-order valence-corrected chi connectivity index (χ3v) is 5.04. The zero-order valence-electron chi connectivity index (χ0n) is 16.8. The van der Waals surface area contributed by atoms with Gasteiger partial charge in [0.25, 0.3) is 0 Å². The van der Waals surface area contributed by atoms with Crippen LogP contribution in [0.3, 0.4) is 0 Å². The molecule has 2 heterocycles. The third-order valence-electron chi connectivity index (χ3n) is 5.04. The lowest BCUT2D eigenvalue weighted by Crippen LogP contribution is -2.41. The van der Waals surface area contributed by atoms with Gasteiger partial charge in [0.2, 0.25) is 5.91 Å². The SMILES string of the molecule is NC(=O)C(c1ccccc1C(F)(F)F)N(CCc1ccncc1)CCc1cccnc1. The predicted octanol–water partition coefficient (Wildman–Crippen LogP) is 3.81. The molecule has 3 aromatic rings. The van der Waals surface area contributed by atoms with Gasteiger partial charge in [0, 0.05) is 37.9 Å². The summed E-state index contributed by atoms with van der Waals surface area (Å²) >= 11 is 0. The molecule has 3 rings (SSSR count). The number of benzene rings is 1. The van der Waals surface area contributed by atoms with Crippen molar-refractivity contribution in [3.8, 4) is 0 Å². The van der Waals surface area contributed by atoms with Crippen molar-refractivity contribution in [2.45, 2.75) is 25.1 Å². The van der Waals surface area contributed by atoms with Crippen LogP contribution in [0.1, 0.15) is 28.3 Å². The minimum Gasteiger partial charge on any atom is -0.368 e. The van der Waals surface area contributed by atoms with Gasteiger partial charge in [0.05, 0.1) is 5.56 Å². The van der Waals surface area contributed by atoms with Crippen LogP contribution in [0.5, 0.6) is 0 Å². The van der Waals surface area contributed by atoms with Crippen LogP contribution in [0.25, 0.3) is 0 Å². The Morgan fingerprint density at radius 3 is 2.19 bits per heavy atom. The topological polar surface area (TPSA) is 72.1 Å². The summed E-state index contributed by atoms with van der Waals surface area (Å²) in [5.74, 6) is -0.822. The Hall–Kier alpha value is -3.26. The van der Waals surface area contributed by atoms with Crippen LogP contribution in [-0.2, 0) is 23.8 Å². The number of hydrogen-bond donors (Lipinski definition) is 1. The molecular formula is C23H23F3N4O. The molecule has 1 unspecified atom stereocenters. The molecule has 0 spiro atoms. The smallest absolute Gasteiger partial charge is 0.368 e. The van der Waals surface area contributed by atoms with Crippen molar-refractivity contribution in [1.29, 1.82) is 0 Å². The average Bonchev–Trinajstić information content (AvgIpc) is 2.76. The van der Waals surface area contributed by atoms with Gasteiger partial charge in [0.1, 0.15) is 6.04 Å². The molecule has 0 fully saturated rings. The van der Waals surface area contributed by atoms with Crippen LogP contribution < -0.4 is 5.73 Å². The van der Waals surface area contributed by atoms with E-state index in [2.05, 4.69) is 9.97 Å². The first-order chi connectivity index (χ1) is 14.9. The number of alkyl halides is 3. The quantitative estimate of drug-likeness (QED) is 0.563. The highest BCUT2D eigenvalue weighted by molar-refractivity contribution is 5.82. The minimum atomic E-state index is -4.59. The number of nitrogens with two attached hydrogens (primary N) is 1. The molecule has 2 N–H and O–H groups in total. The second-order valence-electron chi connectivity index (χ2n) is 7.14. The molecule has 31 heavy (non-hydrogen) atoms. The fourth-order valence-electron chi connectivity index (χ4n) is 3.53. The molecule has 0 bridgehead atoms. The van der Waals surface area contributed by atoms with E-state index < -0.39 is 23.7 Å². The Morgan fingerprint density at radius 2 is 1.58 bits per heavy atom. The molecule has 162 valence electrons. The van der Waals surface area contributed by atoms with Crippen LogP contribution in [0.15, 0.2) is 73.3 Å². The number of nitrogens with zero attached hydrogens (tertiary/aromatic N) is 3. The Labute approximate surface area is 178 Å². The van der Waals surface area contributed by atoms with Crippen molar-refractivity contribution in [3.05, 3.63) is 95.6 Å². The highest BCUT2D eigenvalue weighted by atomic mass is 19.4. The first-order valence-electron chi connectivity index (χ1n) is 9.83. The van der Waals surface area contributed by atoms with E-state index in [9.17, 15) is 18.0 Å². The summed E-state index contributed by atoms with van der Waals surface area (Å²) in [4.78, 5) is 22.2. The van der Waals surface area contributed by atoms with Crippen LogP contribution in [0.4, 0.5) is 13.2 Å². The summed E-state index contributed by atoms with van der Waals surface area (Å²) < 4.78 is 41.0. The van der Waals surface area contributed by atoms with Gasteiger partial charge in [-0.05, 0) is 53.8 Å². The maximum Gasteiger partial charge on any atom is 0.416 e. The molecule has 0 aliphatic carbocycles. The summed E-state index contributed by atoms with van der Waals surface area (Å²) in [6, 6.07) is 11.2. The Balaban J connectivity index is 1.93. The second kappa shape index (κ2) is 10.2. The zero-order chi connectivity index (χ0) is 22.3. The second-order valence-corrected chi connectivity index (χ2v) is 7.14. The fourth-order valence-corrected chi connectivity index (χ4v) is 3.53. The lowest BCUT2D eigenvalue weighted by molar-refractivity contribution is -0.139. The third kappa shape index (κ3) is 6.11. The molecular weight excluding hydrogens is 405 g/mol. The molecule has 1 atom stereocenters. The molecule has 5 nitrogen and oxygen atoms in total. The lowest BCUT2D eigenvalue weighted by atomic mass is 9.97. The fraction of sp³-hybridized carbons (Fsp3) is 0.261. The van der Waals surface area contributed by atoms with Crippen LogP contribution in [0, 0.1) is 0 Å². The van der Waals surface area contributed by atoms with Crippen LogP contribution >= 0.6 is 0 Å². The van der Waals surface area contributed by atoms with Gasteiger partial charge < -0.3 is 5.73 Å². The van der Waals surface area contributed by atoms with Gasteiger partial charge in [-0.15, -0.1) is 0 Å². The minimum absolute atomic E-state index is 0.136. The maximum absolute atomic E-state index is 13.7. The van der Waals surface area contributed by atoms with E-state index in [4.69, 9.17) is 5.73 Å². The van der Waals surface area contributed by atoms with Gasteiger partial charge in [0.15, 0.2) is 0 Å². The van der Waals surface area contributed by atoms with Gasteiger partial charge >= 0.3 is 6.18 Å². The maximum atomic E-state index is 13.7. The molecule has 0 saturated carbocycles. The van der Waals surface area contributed by atoms with Crippen molar-refractivity contribution in [2.24, 2.45) is 5.73 Å². The molecule has 8 heteroatoms. The number of pyridine rings is 2. The molecule has 0 radical (unpaired) electrons. The van der Waals surface area contributed by atoms with E-state index >= 15 is 0 Å². The number of hydrogen-bond acceptors (Lipinski definition) is 4. The molecule has 0 saturated heterocycles. The van der Waals surface area contributed by atoms with Crippen molar-refractivity contribution >= 4 is 5.91 Å². The van der Waals surface area contributed by atoms with Crippen LogP contribution in [0.2, 0.25) is 0 Å². The molecule has 1 amide bonds. The van der Waals surface area contributed by atoms with Gasteiger partial charge in [-0.3, -0.25) is 19.7 Å². The highest BCUT2D eigenvalue weighted by Gasteiger charge is 2.38. The van der Waals surface area contributed by atoms with Crippen molar-refractivity contribution < 1.29 is 18.0 Å². The van der Waals surface area contributed by atoms with E-state index in [0.717, 1.165) is 17.2 Å². The highest BCUT2D eigenvalue weighted by Crippen LogP contribution is 2.36. The van der Waals surface area contributed by atoms with E-state index in [-0.39, 0.29) is 5.56 Å². The number of halogens is 3. The van der Waals surface area contributed by atoms with Crippen molar-refractivity contribution in [2.75, 3.05) is 13.1 Å². The number of carbonyl (C=O) groups is 1. The van der Waals surface area contributed by atoms with Crippen molar-refractivity contribution in [1.82, 2.24) is 14.9 Å². The summed E-state index contributed by atoms with van der Waals surface area (Å²) in [6.07, 6.45) is 3.11. The normalized spacial score (nSPS) is 12.6. The number of primary amides is 1. The molecule has 0 aliphatic rings. The summed E-state index contributed by atoms with van der Waals surface area (Å²) in [5, 5.41) is 0. The van der Waals surface area contributed by atoms with Crippen LogP contribution in [-0.4, -0.2) is 33.9 Å². The molecule has 1 aromatic carbocycles. The number of rotatable bonds is 9. The first-order valence-corrected chi connectivity index (χ1v) is 9.83. The number of carbonyl (C=O) groups excluding carboxylic acids is 1. The predicted molar refractivity (Wildman–Crippen MR) is 111 cm³/mol. The van der Waals surface area contributed by atoms with Gasteiger partial charge in [-0.1, -0.05) is 24.3 Å². The Bertz CT molecular complexity index is 937. The standard InChI is InChI=1S/C23H23F3N4O/c24-23(25,26)20-6-2-1-5-19(20)21(22(27)31)30(14-9-17-7-12-28-13-8-17)15-10-18-4-3-11-29-16-18/h1-8,11-13,16,21H,9-10,14-15H2,(H2,27,31). The molecule has 2 aromatic heterocycles.